The number of halogens is 6. The molecule has 0 saturated heterocycles. The number of carboxylic acid groups (broad SMARTS) is 1. The Balaban J connectivity index is 2.86. The van der Waals surface area contributed by atoms with Crippen molar-refractivity contribution in [1.29, 1.82) is 0 Å². The molecule has 0 amide bonds. The lowest BCUT2D eigenvalue weighted by Gasteiger charge is -2.17. The molecule has 9 heteroatoms. The summed E-state index contributed by atoms with van der Waals surface area (Å²) in [7, 11) is 0. The molecule has 0 heterocycles. The molecule has 0 aliphatic carbocycles. The Morgan fingerprint density at radius 1 is 1.47 bits per heavy atom. The number of hydrogen-bond donors (Lipinski definition) is 1. The van der Waals surface area contributed by atoms with Gasteiger partial charge in [0.05, 0.1) is 9.50 Å². The fourth-order valence-corrected chi connectivity index (χ4v) is 1.85. The molecule has 1 atom stereocenters. The molecule has 3 nitrogen and oxygen atoms in total. The molecule has 0 radical (unpaired) electrons. The van der Waals surface area contributed by atoms with Crippen molar-refractivity contribution in [1.82, 2.24) is 0 Å². The summed E-state index contributed by atoms with van der Waals surface area (Å²) in [4.78, 5) is 10.5. The minimum absolute atomic E-state index is 0.116. The van der Waals surface area contributed by atoms with Crippen molar-refractivity contribution in [2.24, 2.45) is 5.92 Å². The summed E-state index contributed by atoms with van der Waals surface area (Å²) in [6, 6.07) is 1.86. The lowest BCUT2D eigenvalue weighted by molar-refractivity contribution is -0.198. The fraction of sp³-hybridized carbons (Fsp3) is 0.300. The zero-order valence-electron chi connectivity index (χ0n) is 8.97. The highest BCUT2D eigenvalue weighted by Gasteiger charge is 2.45. The Kier molecular flexibility index (Phi) is 5.03. The van der Waals surface area contributed by atoms with Crippen LogP contribution in [0.4, 0.5) is 17.6 Å². The second-order valence-corrected chi connectivity index (χ2v) is 4.70. The Labute approximate surface area is 118 Å². The smallest absolute Gasteiger partial charge is 0.405 e. The average Bonchev–Trinajstić information content (AvgIpc) is 2.23. The van der Waals surface area contributed by atoms with Crippen LogP contribution in [0.2, 0.25) is 5.02 Å². The van der Waals surface area contributed by atoms with Crippen LogP contribution in [0.25, 0.3) is 0 Å². The van der Waals surface area contributed by atoms with Gasteiger partial charge in [-0.05, 0) is 22.0 Å². The molecule has 1 aromatic rings. The van der Waals surface area contributed by atoms with Crippen LogP contribution in [-0.2, 0) is 4.79 Å². The summed E-state index contributed by atoms with van der Waals surface area (Å²) in [6.45, 7) is -1.17. The summed E-state index contributed by atoms with van der Waals surface area (Å²) in [5.41, 5.74) is 0. The maximum Gasteiger partial charge on any atom is 0.405 e. The van der Waals surface area contributed by atoms with Gasteiger partial charge >= 0.3 is 12.1 Å². The molecule has 0 aliphatic heterocycles. The van der Waals surface area contributed by atoms with Gasteiger partial charge in [0.25, 0.3) is 0 Å². The number of alkyl halides is 3. The van der Waals surface area contributed by atoms with Crippen molar-refractivity contribution < 1.29 is 32.2 Å². The van der Waals surface area contributed by atoms with Gasteiger partial charge in [-0.3, -0.25) is 4.79 Å². The summed E-state index contributed by atoms with van der Waals surface area (Å²) < 4.78 is 54.9. The predicted octanol–water partition coefficient (Wildman–Crippen LogP) is 3.88. The summed E-state index contributed by atoms with van der Waals surface area (Å²) in [5, 5.41) is 8.20. The molecule has 0 aromatic heterocycles. The van der Waals surface area contributed by atoms with Crippen LogP contribution < -0.4 is 4.74 Å². The quantitative estimate of drug-likeness (QED) is 0.650. The zero-order chi connectivity index (χ0) is 14.8. The lowest BCUT2D eigenvalue weighted by atomic mass is 10.1. The molecule has 106 valence electrons. The van der Waals surface area contributed by atoms with Crippen LogP contribution in [0.15, 0.2) is 16.6 Å². The van der Waals surface area contributed by atoms with Gasteiger partial charge in [-0.1, -0.05) is 11.6 Å². The Morgan fingerprint density at radius 2 is 2.05 bits per heavy atom. The molecule has 0 aliphatic rings. The van der Waals surface area contributed by atoms with Crippen LogP contribution in [0, 0.1) is 11.7 Å². The van der Waals surface area contributed by atoms with Crippen LogP contribution in [-0.4, -0.2) is 23.9 Å². The first-order chi connectivity index (χ1) is 8.62. The maximum atomic E-state index is 13.1. The average molecular weight is 366 g/mol. The van der Waals surface area contributed by atoms with Crippen molar-refractivity contribution in [2.75, 3.05) is 6.61 Å². The van der Waals surface area contributed by atoms with Crippen LogP contribution in [0.5, 0.6) is 5.75 Å². The molecule has 1 unspecified atom stereocenters. The van der Waals surface area contributed by atoms with Gasteiger partial charge in [0, 0.05) is 6.07 Å². The SMILES string of the molecule is O=C(O)C(COc1cc(F)c(Cl)cc1Br)C(F)(F)F. The first-order valence-electron chi connectivity index (χ1n) is 4.69. The molecule has 0 saturated carbocycles. The van der Waals surface area contributed by atoms with Gasteiger partial charge in [-0.25, -0.2) is 4.39 Å². The van der Waals surface area contributed by atoms with E-state index in [1.54, 1.807) is 0 Å². The summed E-state index contributed by atoms with van der Waals surface area (Å²) in [5.74, 6) is -5.92. The standard InChI is InChI=1S/C10H6BrClF4O3/c11-5-1-6(12)7(13)2-8(5)19-3-4(9(17)18)10(14,15)16/h1-2,4H,3H2,(H,17,18). The molecule has 19 heavy (non-hydrogen) atoms. The minimum atomic E-state index is -4.96. The molecule has 1 aromatic carbocycles. The van der Waals surface area contributed by atoms with E-state index in [-0.39, 0.29) is 15.2 Å². The number of aliphatic carboxylic acids is 1. The third-order valence-corrected chi connectivity index (χ3v) is 2.98. The summed E-state index contributed by atoms with van der Waals surface area (Å²) in [6.07, 6.45) is -4.96. The van der Waals surface area contributed by atoms with E-state index in [2.05, 4.69) is 20.7 Å². The molecule has 0 bridgehead atoms. The van der Waals surface area contributed by atoms with Gasteiger partial charge in [0.15, 0.2) is 5.92 Å². The number of carbonyl (C=O) groups is 1. The van der Waals surface area contributed by atoms with Crippen molar-refractivity contribution in [2.45, 2.75) is 6.18 Å². The molecule has 0 fully saturated rings. The van der Waals surface area contributed by atoms with Crippen molar-refractivity contribution >= 4 is 33.5 Å². The second-order valence-electron chi connectivity index (χ2n) is 3.44. The number of ether oxygens (including phenoxy) is 1. The van der Waals surface area contributed by atoms with Crippen molar-refractivity contribution in [3.05, 3.63) is 27.4 Å². The largest absolute Gasteiger partial charge is 0.491 e. The van der Waals surface area contributed by atoms with E-state index >= 15 is 0 Å². The highest BCUT2D eigenvalue weighted by molar-refractivity contribution is 9.10. The first-order valence-corrected chi connectivity index (χ1v) is 5.87. The number of carboxylic acids is 1. The van der Waals surface area contributed by atoms with Gasteiger partial charge in [-0.2, -0.15) is 13.2 Å². The summed E-state index contributed by atoms with van der Waals surface area (Å²) >= 11 is 8.35. The number of benzene rings is 1. The molecule has 0 spiro atoms. The van der Waals surface area contributed by atoms with Crippen LogP contribution in [0.1, 0.15) is 0 Å². The van der Waals surface area contributed by atoms with E-state index in [1.165, 1.54) is 0 Å². The topological polar surface area (TPSA) is 46.5 Å². The highest BCUT2D eigenvalue weighted by atomic mass is 79.9. The van der Waals surface area contributed by atoms with E-state index in [4.69, 9.17) is 16.7 Å². The van der Waals surface area contributed by atoms with E-state index in [9.17, 15) is 22.4 Å². The van der Waals surface area contributed by atoms with E-state index in [1.807, 2.05) is 0 Å². The van der Waals surface area contributed by atoms with Crippen LogP contribution in [0.3, 0.4) is 0 Å². The monoisotopic (exact) mass is 364 g/mol. The fourth-order valence-electron chi connectivity index (χ4n) is 1.09. The molecular formula is C10H6BrClF4O3. The van der Waals surface area contributed by atoms with Crippen molar-refractivity contribution in [3.63, 3.8) is 0 Å². The minimum Gasteiger partial charge on any atom is -0.491 e. The third kappa shape index (κ3) is 4.24. The van der Waals surface area contributed by atoms with Gasteiger partial charge < -0.3 is 9.84 Å². The molecule has 1 rings (SSSR count). The van der Waals surface area contributed by atoms with E-state index in [0.717, 1.165) is 12.1 Å². The Bertz CT molecular complexity index is 492. The number of hydrogen-bond acceptors (Lipinski definition) is 2. The Hall–Kier alpha value is -1.02. The van der Waals surface area contributed by atoms with Crippen molar-refractivity contribution in [3.8, 4) is 5.75 Å². The second kappa shape index (κ2) is 5.96. The first kappa shape index (κ1) is 16.0. The number of rotatable bonds is 4. The van der Waals surface area contributed by atoms with Gasteiger partial charge in [0.1, 0.15) is 18.2 Å². The maximum absolute atomic E-state index is 13.1. The Morgan fingerprint density at radius 3 is 2.53 bits per heavy atom. The normalized spacial score (nSPS) is 13.2. The lowest BCUT2D eigenvalue weighted by Crippen LogP contribution is -2.35. The van der Waals surface area contributed by atoms with Crippen LogP contribution >= 0.6 is 27.5 Å². The van der Waals surface area contributed by atoms with E-state index in [0.29, 0.717) is 0 Å². The van der Waals surface area contributed by atoms with Gasteiger partial charge in [0.2, 0.25) is 0 Å². The zero-order valence-corrected chi connectivity index (χ0v) is 11.3. The predicted molar refractivity (Wildman–Crippen MR) is 61.8 cm³/mol. The van der Waals surface area contributed by atoms with Gasteiger partial charge in [-0.15, -0.1) is 0 Å². The molecule has 1 N–H and O–H groups in total. The molecular weight excluding hydrogens is 359 g/mol. The van der Waals surface area contributed by atoms with E-state index < -0.39 is 30.5 Å². The highest BCUT2D eigenvalue weighted by Crippen LogP contribution is 2.32. The third-order valence-electron chi connectivity index (χ3n) is 2.07.